The molecule has 8 heteroatoms. The summed E-state index contributed by atoms with van der Waals surface area (Å²) in [6, 6.07) is 3.75. The number of fused-ring (bicyclic) bond motifs is 2. The SMILES string of the molecule is Cc1cc2c(Cl)ncnc2cn1.Cc1cc2ncnc(Cl)c2cn1. The van der Waals surface area contributed by atoms with E-state index < -0.39 is 0 Å². The lowest BCUT2D eigenvalue weighted by Gasteiger charge is -1.97. The van der Waals surface area contributed by atoms with Gasteiger partial charge in [0.15, 0.2) is 0 Å². The predicted octanol–water partition coefficient (Wildman–Crippen LogP) is 3.97. The van der Waals surface area contributed by atoms with Crippen LogP contribution in [0.25, 0.3) is 21.8 Å². The Morgan fingerprint density at radius 3 is 1.96 bits per heavy atom. The van der Waals surface area contributed by atoms with Crippen molar-refractivity contribution in [1.82, 2.24) is 29.9 Å². The van der Waals surface area contributed by atoms with E-state index in [1.165, 1.54) is 12.7 Å². The van der Waals surface area contributed by atoms with Crippen molar-refractivity contribution in [2.45, 2.75) is 13.8 Å². The molecule has 0 saturated heterocycles. The van der Waals surface area contributed by atoms with Crippen LogP contribution in [0, 0.1) is 13.8 Å². The molecule has 4 aromatic rings. The molecule has 0 spiro atoms. The number of nitrogens with zero attached hydrogens (tertiary/aromatic N) is 6. The second-order valence-electron chi connectivity index (χ2n) is 5.01. The third-order valence-electron chi connectivity index (χ3n) is 3.22. The molecule has 4 rings (SSSR count). The van der Waals surface area contributed by atoms with Crippen LogP contribution >= 0.6 is 23.2 Å². The van der Waals surface area contributed by atoms with Gasteiger partial charge in [-0.15, -0.1) is 0 Å². The second-order valence-corrected chi connectivity index (χ2v) is 5.73. The van der Waals surface area contributed by atoms with Crippen LogP contribution in [0.2, 0.25) is 10.3 Å². The smallest absolute Gasteiger partial charge is 0.141 e. The summed E-state index contributed by atoms with van der Waals surface area (Å²) in [4.78, 5) is 24.0. The fourth-order valence-electron chi connectivity index (χ4n) is 2.05. The number of rotatable bonds is 0. The maximum atomic E-state index is 5.85. The number of halogens is 2. The molecule has 0 bridgehead atoms. The van der Waals surface area contributed by atoms with Gasteiger partial charge in [0.25, 0.3) is 0 Å². The van der Waals surface area contributed by atoms with Crippen molar-refractivity contribution in [2.24, 2.45) is 0 Å². The van der Waals surface area contributed by atoms with Gasteiger partial charge < -0.3 is 0 Å². The lowest BCUT2D eigenvalue weighted by atomic mass is 10.3. The molecule has 4 aromatic heterocycles. The van der Waals surface area contributed by atoms with Crippen molar-refractivity contribution in [3.05, 3.63) is 58.9 Å². The molecule has 0 aromatic carbocycles. The highest BCUT2D eigenvalue weighted by Crippen LogP contribution is 2.18. The Morgan fingerprint density at radius 2 is 1.21 bits per heavy atom. The minimum atomic E-state index is 0.451. The van der Waals surface area contributed by atoms with E-state index in [0.717, 1.165) is 33.2 Å². The molecule has 24 heavy (non-hydrogen) atoms. The molecular formula is C16H12Cl2N6. The molecule has 0 unspecified atom stereocenters. The van der Waals surface area contributed by atoms with Gasteiger partial charge in [0.1, 0.15) is 23.0 Å². The van der Waals surface area contributed by atoms with E-state index in [1.54, 1.807) is 12.4 Å². The van der Waals surface area contributed by atoms with Crippen LogP contribution in [0.4, 0.5) is 0 Å². The lowest BCUT2D eigenvalue weighted by molar-refractivity contribution is 1.17. The van der Waals surface area contributed by atoms with Crippen LogP contribution in [0.3, 0.4) is 0 Å². The first-order chi connectivity index (χ1) is 11.5. The Hall–Kier alpha value is -2.44. The van der Waals surface area contributed by atoms with Gasteiger partial charge in [-0.1, -0.05) is 23.2 Å². The van der Waals surface area contributed by atoms with Gasteiger partial charge in [0.2, 0.25) is 0 Å². The van der Waals surface area contributed by atoms with Gasteiger partial charge in [-0.3, -0.25) is 9.97 Å². The first kappa shape index (κ1) is 16.4. The van der Waals surface area contributed by atoms with E-state index >= 15 is 0 Å². The quantitative estimate of drug-likeness (QED) is 0.442. The number of hydrogen-bond acceptors (Lipinski definition) is 6. The van der Waals surface area contributed by atoms with E-state index in [-0.39, 0.29) is 0 Å². The molecule has 0 N–H and O–H groups in total. The first-order valence-corrected chi connectivity index (χ1v) is 7.76. The van der Waals surface area contributed by atoms with E-state index in [2.05, 4.69) is 29.9 Å². The number of aromatic nitrogens is 6. The minimum absolute atomic E-state index is 0.451. The third-order valence-corrected chi connectivity index (χ3v) is 3.82. The molecule has 0 saturated carbocycles. The highest BCUT2D eigenvalue weighted by atomic mass is 35.5. The topological polar surface area (TPSA) is 77.3 Å². The monoisotopic (exact) mass is 358 g/mol. The molecular weight excluding hydrogens is 347 g/mol. The summed E-state index contributed by atoms with van der Waals surface area (Å²) < 4.78 is 0. The van der Waals surface area contributed by atoms with Gasteiger partial charge in [0.05, 0.1) is 22.6 Å². The zero-order chi connectivity index (χ0) is 17.1. The number of aryl methyl sites for hydroxylation is 2. The van der Waals surface area contributed by atoms with Gasteiger partial charge in [-0.2, -0.15) is 0 Å². The molecule has 0 aliphatic heterocycles. The van der Waals surface area contributed by atoms with Crippen LogP contribution in [-0.4, -0.2) is 29.9 Å². The summed E-state index contributed by atoms with van der Waals surface area (Å²) in [5, 5.41) is 2.58. The van der Waals surface area contributed by atoms with Crippen molar-refractivity contribution in [3.8, 4) is 0 Å². The maximum absolute atomic E-state index is 5.85. The average molecular weight is 359 g/mol. The molecule has 4 heterocycles. The molecule has 0 aliphatic rings. The third kappa shape index (κ3) is 3.55. The fraction of sp³-hybridized carbons (Fsp3) is 0.125. The van der Waals surface area contributed by atoms with Crippen LogP contribution < -0.4 is 0 Å². The Bertz CT molecular complexity index is 1020. The predicted molar refractivity (Wildman–Crippen MR) is 94.2 cm³/mol. The maximum Gasteiger partial charge on any atom is 0.141 e. The summed E-state index contributed by atoms with van der Waals surface area (Å²) >= 11 is 11.7. The largest absolute Gasteiger partial charge is 0.261 e. The Kier molecular flexibility index (Phi) is 4.78. The van der Waals surface area contributed by atoms with E-state index in [4.69, 9.17) is 23.2 Å². The molecule has 0 atom stereocenters. The second kappa shape index (κ2) is 6.98. The van der Waals surface area contributed by atoms with Crippen molar-refractivity contribution >= 4 is 45.0 Å². The van der Waals surface area contributed by atoms with Crippen LogP contribution in [-0.2, 0) is 0 Å². The molecule has 0 aliphatic carbocycles. The lowest BCUT2D eigenvalue weighted by Crippen LogP contribution is -1.86. The standard InChI is InChI=1S/2C8H6ClN3/c1-5-2-7-6(3-10-5)8(9)12-4-11-7;1-5-2-6-7(3-10-5)11-4-12-8(6)9/h2*2-4H,1H3. The van der Waals surface area contributed by atoms with Crippen molar-refractivity contribution in [3.63, 3.8) is 0 Å². The number of hydrogen-bond donors (Lipinski definition) is 0. The average Bonchev–Trinajstić information content (AvgIpc) is 2.56. The van der Waals surface area contributed by atoms with Gasteiger partial charge in [-0.05, 0) is 26.0 Å². The summed E-state index contributed by atoms with van der Waals surface area (Å²) in [5.74, 6) is 0. The molecule has 6 nitrogen and oxygen atoms in total. The minimum Gasteiger partial charge on any atom is -0.261 e. The Labute approximate surface area is 148 Å². The van der Waals surface area contributed by atoms with Crippen LogP contribution in [0.5, 0.6) is 0 Å². The normalized spacial score (nSPS) is 10.5. The Balaban J connectivity index is 0.000000141. The molecule has 0 radical (unpaired) electrons. The van der Waals surface area contributed by atoms with Crippen molar-refractivity contribution in [1.29, 1.82) is 0 Å². The van der Waals surface area contributed by atoms with Gasteiger partial charge >= 0.3 is 0 Å². The van der Waals surface area contributed by atoms with Crippen molar-refractivity contribution in [2.75, 3.05) is 0 Å². The highest BCUT2D eigenvalue weighted by molar-refractivity contribution is 6.34. The summed E-state index contributed by atoms with van der Waals surface area (Å²) in [6.07, 6.45) is 6.26. The first-order valence-electron chi connectivity index (χ1n) is 7.00. The zero-order valence-corrected chi connectivity index (χ0v) is 14.4. The fourth-order valence-corrected chi connectivity index (χ4v) is 2.44. The van der Waals surface area contributed by atoms with Crippen molar-refractivity contribution < 1.29 is 0 Å². The van der Waals surface area contributed by atoms with Crippen LogP contribution in [0.15, 0.2) is 37.2 Å². The van der Waals surface area contributed by atoms with E-state index in [9.17, 15) is 0 Å². The highest BCUT2D eigenvalue weighted by Gasteiger charge is 2.01. The van der Waals surface area contributed by atoms with Crippen LogP contribution in [0.1, 0.15) is 11.4 Å². The molecule has 0 fully saturated rings. The molecule has 0 amide bonds. The molecule has 120 valence electrons. The van der Waals surface area contributed by atoms with E-state index in [0.29, 0.717) is 10.3 Å². The summed E-state index contributed by atoms with van der Waals surface area (Å²) in [6.45, 7) is 3.82. The Morgan fingerprint density at radius 1 is 0.625 bits per heavy atom. The van der Waals surface area contributed by atoms with E-state index in [1.807, 2.05) is 26.0 Å². The zero-order valence-electron chi connectivity index (χ0n) is 12.9. The van der Waals surface area contributed by atoms with Gasteiger partial charge in [0, 0.05) is 23.0 Å². The van der Waals surface area contributed by atoms with Gasteiger partial charge in [-0.25, -0.2) is 19.9 Å². The summed E-state index contributed by atoms with van der Waals surface area (Å²) in [7, 11) is 0. The number of pyridine rings is 2. The summed E-state index contributed by atoms with van der Waals surface area (Å²) in [5.41, 5.74) is 3.46.